The van der Waals surface area contributed by atoms with Crippen LogP contribution in [0.1, 0.15) is 25.1 Å². The number of nitrogens with two attached hydrogens (primary N) is 1. The van der Waals surface area contributed by atoms with E-state index < -0.39 is 0 Å². The maximum absolute atomic E-state index is 11.3. The highest BCUT2D eigenvalue weighted by atomic mass is 35.5. The molecule has 2 aromatic rings. The molecule has 8 nitrogen and oxygen atoms in total. The molecule has 1 fully saturated rings. The van der Waals surface area contributed by atoms with Gasteiger partial charge in [0, 0.05) is 31.0 Å². The Bertz CT molecular complexity index is 893. The number of rotatable bonds is 11. The molecule has 1 aliphatic heterocycles. The quantitative estimate of drug-likeness (QED) is 0.526. The number of carbonyl (C=O) groups excluding carboxylic acids is 1. The van der Waals surface area contributed by atoms with Crippen LogP contribution >= 0.6 is 23.8 Å². The van der Waals surface area contributed by atoms with E-state index in [-0.39, 0.29) is 18.4 Å². The van der Waals surface area contributed by atoms with Crippen LogP contribution in [0.3, 0.4) is 0 Å². The van der Waals surface area contributed by atoms with Crippen molar-refractivity contribution >= 4 is 29.7 Å². The SMILES string of the molecule is CN(CCOc1ccc(Cl)cc1)Cn1nc(CCC(N)=O)n(CC2CCCO2)c1=S. The van der Waals surface area contributed by atoms with Gasteiger partial charge in [0.05, 0.1) is 19.3 Å². The highest BCUT2D eigenvalue weighted by molar-refractivity contribution is 7.71. The standard InChI is InChI=1S/C20H28ClN5O3S/c1-24(10-12-29-16-6-4-15(21)5-7-16)14-26-20(30)25(13-17-3-2-11-28-17)19(23-26)9-8-18(22)27/h4-7,17H,2-3,8-14H2,1H3,(H2,22,27). The van der Waals surface area contributed by atoms with Crippen LogP contribution in [0.25, 0.3) is 0 Å². The third-order valence-corrected chi connectivity index (χ3v) is 5.62. The normalized spacial score (nSPS) is 16.3. The van der Waals surface area contributed by atoms with Crippen LogP contribution in [-0.4, -0.2) is 58.1 Å². The van der Waals surface area contributed by atoms with Crippen molar-refractivity contribution in [3.63, 3.8) is 0 Å². The van der Waals surface area contributed by atoms with Crippen molar-refractivity contribution < 1.29 is 14.3 Å². The summed E-state index contributed by atoms with van der Waals surface area (Å²) in [6.07, 6.45) is 2.89. The first kappa shape index (κ1) is 22.7. The summed E-state index contributed by atoms with van der Waals surface area (Å²) in [6.45, 7) is 3.16. The summed E-state index contributed by atoms with van der Waals surface area (Å²) >= 11 is 11.6. The van der Waals surface area contributed by atoms with E-state index in [0.29, 0.717) is 42.6 Å². The lowest BCUT2D eigenvalue weighted by atomic mass is 10.2. The van der Waals surface area contributed by atoms with Crippen LogP contribution in [0.4, 0.5) is 0 Å². The number of nitrogens with zero attached hydrogens (tertiary/aromatic N) is 4. The Morgan fingerprint density at radius 3 is 2.87 bits per heavy atom. The first-order valence-corrected chi connectivity index (χ1v) is 10.8. The molecule has 1 aliphatic rings. The second kappa shape index (κ2) is 10.9. The van der Waals surface area contributed by atoms with Crippen molar-refractivity contribution in [1.29, 1.82) is 0 Å². The molecule has 2 N–H and O–H groups in total. The molecule has 164 valence electrons. The molecular weight excluding hydrogens is 426 g/mol. The van der Waals surface area contributed by atoms with Crippen LogP contribution < -0.4 is 10.5 Å². The molecule has 0 bridgehead atoms. The molecule has 0 spiro atoms. The third kappa shape index (κ3) is 6.53. The third-order valence-electron chi connectivity index (χ3n) is 4.94. The highest BCUT2D eigenvalue weighted by Gasteiger charge is 2.20. The van der Waals surface area contributed by atoms with E-state index in [1.807, 2.05) is 23.7 Å². The minimum atomic E-state index is -0.351. The van der Waals surface area contributed by atoms with E-state index in [0.717, 1.165) is 31.0 Å². The number of primary amides is 1. The maximum atomic E-state index is 11.3. The summed E-state index contributed by atoms with van der Waals surface area (Å²) in [6, 6.07) is 7.29. The molecule has 2 heterocycles. The van der Waals surface area contributed by atoms with Gasteiger partial charge in [0.15, 0.2) is 4.77 Å². The number of aromatic nitrogens is 3. The van der Waals surface area contributed by atoms with Crippen molar-refractivity contribution in [3.05, 3.63) is 39.9 Å². The van der Waals surface area contributed by atoms with Gasteiger partial charge in [0.2, 0.25) is 5.91 Å². The molecule has 0 aliphatic carbocycles. The summed E-state index contributed by atoms with van der Waals surface area (Å²) in [5, 5.41) is 5.33. The van der Waals surface area contributed by atoms with E-state index in [1.165, 1.54) is 0 Å². The second-order valence-electron chi connectivity index (χ2n) is 7.43. The average Bonchev–Trinajstić information content (AvgIpc) is 3.32. The Kier molecular flexibility index (Phi) is 8.26. The van der Waals surface area contributed by atoms with E-state index in [1.54, 1.807) is 16.8 Å². The maximum Gasteiger partial charge on any atom is 0.217 e. The van der Waals surface area contributed by atoms with Gasteiger partial charge in [-0.2, -0.15) is 5.10 Å². The minimum absolute atomic E-state index is 0.132. The van der Waals surface area contributed by atoms with Gasteiger partial charge in [-0.1, -0.05) is 11.6 Å². The van der Waals surface area contributed by atoms with Crippen molar-refractivity contribution in [2.75, 3.05) is 26.8 Å². The summed E-state index contributed by atoms with van der Waals surface area (Å²) in [7, 11) is 1.98. The molecule has 1 aromatic carbocycles. The van der Waals surface area contributed by atoms with E-state index >= 15 is 0 Å². The number of halogens is 1. The zero-order valence-corrected chi connectivity index (χ0v) is 18.7. The van der Waals surface area contributed by atoms with Crippen LogP contribution in [0, 0.1) is 4.77 Å². The smallest absolute Gasteiger partial charge is 0.217 e. The number of benzene rings is 1. The Morgan fingerprint density at radius 1 is 1.43 bits per heavy atom. The van der Waals surface area contributed by atoms with E-state index in [9.17, 15) is 4.79 Å². The summed E-state index contributed by atoms with van der Waals surface area (Å²) in [5.41, 5.74) is 5.33. The Hall–Kier alpha value is -1.94. The van der Waals surface area contributed by atoms with Crippen molar-refractivity contribution in [2.45, 2.75) is 45.0 Å². The largest absolute Gasteiger partial charge is 0.492 e. The fraction of sp³-hybridized carbons (Fsp3) is 0.550. The van der Waals surface area contributed by atoms with Crippen LogP contribution in [0.15, 0.2) is 24.3 Å². The van der Waals surface area contributed by atoms with Gasteiger partial charge >= 0.3 is 0 Å². The van der Waals surface area contributed by atoms with Crippen molar-refractivity contribution in [1.82, 2.24) is 19.2 Å². The van der Waals surface area contributed by atoms with Crippen molar-refractivity contribution in [2.24, 2.45) is 5.73 Å². The molecule has 1 saturated heterocycles. The molecular formula is C20H28ClN5O3S. The molecule has 1 unspecified atom stereocenters. The van der Waals surface area contributed by atoms with E-state index in [4.69, 9.17) is 39.0 Å². The molecule has 10 heteroatoms. The van der Waals surface area contributed by atoms with Gasteiger partial charge in [-0.15, -0.1) is 0 Å². The molecule has 1 amide bonds. The number of hydrogen-bond acceptors (Lipinski definition) is 6. The minimum Gasteiger partial charge on any atom is -0.492 e. The van der Waals surface area contributed by atoms with Gasteiger partial charge in [-0.05, 0) is 56.4 Å². The lowest BCUT2D eigenvalue weighted by molar-refractivity contribution is -0.118. The second-order valence-corrected chi connectivity index (χ2v) is 8.24. The summed E-state index contributed by atoms with van der Waals surface area (Å²) in [5.74, 6) is 1.19. The van der Waals surface area contributed by atoms with Crippen LogP contribution in [0.5, 0.6) is 5.75 Å². The fourth-order valence-corrected chi connectivity index (χ4v) is 3.73. The van der Waals surface area contributed by atoms with Crippen LogP contribution in [-0.2, 0) is 29.2 Å². The fourth-order valence-electron chi connectivity index (χ4n) is 3.32. The zero-order chi connectivity index (χ0) is 21.5. The predicted octanol–water partition coefficient (Wildman–Crippen LogP) is 2.63. The van der Waals surface area contributed by atoms with Gasteiger partial charge in [-0.25, -0.2) is 4.68 Å². The average molecular weight is 454 g/mol. The van der Waals surface area contributed by atoms with Crippen molar-refractivity contribution in [3.8, 4) is 5.75 Å². The number of aryl methyl sites for hydroxylation is 1. The molecule has 0 radical (unpaired) electrons. The topological polar surface area (TPSA) is 87.5 Å². The monoisotopic (exact) mass is 453 g/mol. The Labute approximate surface area is 186 Å². The van der Waals surface area contributed by atoms with Gasteiger partial charge in [-0.3, -0.25) is 9.69 Å². The number of amides is 1. The van der Waals surface area contributed by atoms with E-state index in [2.05, 4.69) is 10.00 Å². The number of ether oxygens (including phenoxy) is 2. The van der Waals surface area contributed by atoms with Gasteiger partial charge in [0.25, 0.3) is 0 Å². The molecule has 3 rings (SSSR count). The van der Waals surface area contributed by atoms with Gasteiger partial charge < -0.3 is 19.8 Å². The highest BCUT2D eigenvalue weighted by Crippen LogP contribution is 2.17. The first-order valence-electron chi connectivity index (χ1n) is 10.1. The lowest BCUT2D eigenvalue weighted by Gasteiger charge is -2.17. The number of hydrogen-bond donors (Lipinski definition) is 1. The molecule has 30 heavy (non-hydrogen) atoms. The zero-order valence-electron chi connectivity index (χ0n) is 17.1. The first-order chi connectivity index (χ1) is 14.4. The molecule has 0 saturated carbocycles. The molecule has 1 atom stereocenters. The van der Waals surface area contributed by atoms with Gasteiger partial charge in [0.1, 0.15) is 18.2 Å². The number of likely N-dealkylation sites (N-methyl/N-ethyl adjacent to an activating group) is 1. The lowest BCUT2D eigenvalue weighted by Crippen LogP contribution is -2.27. The summed E-state index contributed by atoms with van der Waals surface area (Å²) < 4.78 is 15.9. The Morgan fingerprint density at radius 2 is 2.20 bits per heavy atom. The van der Waals surface area contributed by atoms with Crippen LogP contribution in [0.2, 0.25) is 5.02 Å². The Balaban J connectivity index is 1.60. The number of carbonyl (C=O) groups is 1. The molecule has 1 aromatic heterocycles. The predicted molar refractivity (Wildman–Crippen MR) is 117 cm³/mol. The summed E-state index contributed by atoms with van der Waals surface area (Å²) in [4.78, 5) is 13.3.